The molecule has 0 aliphatic heterocycles. The van der Waals surface area contributed by atoms with E-state index in [-0.39, 0.29) is 13.0 Å². The minimum absolute atomic E-state index is 0.207. The lowest BCUT2D eigenvalue weighted by Crippen LogP contribution is -2.42. The van der Waals surface area contributed by atoms with Crippen LogP contribution in [0.3, 0.4) is 0 Å². The zero-order chi connectivity index (χ0) is 18.9. The van der Waals surface area contributed by atoms with E-state index in [1.807, 2.05) is 13.2 Å². The van der Waals surface area contributed by atoms with E-state index in [1.165, 1.54) is 23.9 Å². The van der Waals surface area contributed by atoms with Crippen LogP contribution in [0.25, 0.3) is 0 Å². The quantitative estimate of drug-likeness (QED) is 0.267. The fourth-order valence-corrected chi connectivity index (χ4v) is 3.83. The Hall–Kier alpha value is -1.65. The molecule has 0 fully saturated rings. The van der Waals surface area contributed by atoms with Crippen LogP contribution in [0.4, 0.5) is 5.69 Å². The summed E-state index contributed by atoms with van der Waals surface area (Å²) in [6.45, 7) is 2.15. The van der Waals surface area contributed by atoms with Gasteiger partial charge in [-0.15, -0.1) is 0 Å². The standard InChI is InChI=1S/C15H22N2O6S2/c1-3-4-10-23-15(18)12(9-11-24-2)16-25(21,22)14-8-6-5-7-13(14)17(19)20/h5-8,12,16H,3-4,9-11H2,1-2H3/t12-/m1/s1. The molecule has 25 heavy (non-hydrogen) atoms. The third-order valence-electron chi connectivity index (χ3n) is 3.29. The van der Waals surface area contributed by atoms with Crippen LogP contribution in [0.15, 0.2) is 29.2 Å². The van der Waals surface area contributed by atoms with Gasteiger partial charge in [-0.25, -0.2) is 8.42 Å². The molecule has 0 radical (unpaired) electrons. The molecular formula is C15H22N2O6S2. The van der Waals surface area contributed by atoms with E-state index >= 15 is 0 Å². The molecule has 0 aromatic heterocycles. The molecule has 1 aromatic rings. The highest BCUT2D eigenvalue weighted by molar-refractivity contribution is 7.98. The van der Waals surface area contributed by atoms with Gasteiger partial charge < -0.3 is 4.74 Å². The molecule has 0 amide bonds. The summed E-state index contributed by atoms with van der Waals surface area (Å²) in [6, 6.07) is 3.91. The summed E-state index contributed by atoms with van der Waals surface area (Å²) in [7, 11) is -4.24. The van der Waals surface area contributed by atoms with Gasteiger partial charge >= 0.3 is 5.97 Å². The first kappa shape index (κ1) is 21.4. The molecule has 0 spiro atoms. The minimum atomic E-state index is -4.24. The number of nitrogens with one attached hydrogen (secondary N) is 1. The molecule has 140 valence electrons. The summed E-state index contributed by atoms with van der Waals surface area (Å²) in [5, 5.41) is 11.1. The van der Waals surface area contributed by atoms with E-state index in [2.05, 4.69) is 4.72 Å². The van der Waals surface area contributed by atoms with Crippen molar-refractivity contribution in [3.63, 3.8) is 0 Å². The van der Waals surface area contributed by atoms with Gasteiger partial charge in [0.15, 0.2) is 4.90 Å². The normalized spacial score (nSPS) is 12.6. The fourth-order valence-electron chi connectivity index (χ4n) is 1.96. The van der Waals surface area contributed by atoms with Crippen LogP contribution in [0, 0.1) is 10.1 Å². The van der Waals surface area contributed by atoms with Gasteiger partial charge in [-0.1, -0.05) is 25.5 Å². The number of para-hydroxylation sites is 1. The van der Waals surface area contributed by atoms with Crippen molar-refractivity contribution in [1.82, 2.24) is 4.72 Å². The summed E-state index contributed by atoms with van der Waals surface area (Å²) in [5.74, 6) is -0.142. The summed E-state index contributed by atoms with van der Waals surface area (Å²) < 4.78 is 32.4. The molecule has 0 heterocycles. The lowest BCUT2D eigenvalue weighted by atomic mass is 10.2. The van der Waals surface area contributed by atoms with Crippen LogP contribution < -0.4 is 4.72 Å². The van der Waals surface area contributed by atoms with E-state index in [9.17, 15) is 23.3 Å². The van der Waals surface area contributed by atoms with Crippen LogP contribution in [0.2, 0.25) is 0 Å². The SMILES string of the molecule is CCCCOC(=O)[C@@H](CCSC)NS(=O)(=O)c1ccccc1[N+](=O)[O-]. The first-order valence-electron chi connectivity index (χ1n) is 7.74. The number of unbranched alkanes of at least 4 members (excludes halogenated alkanes) is 1. The highest BCUT2D eigenvalue weighted by atomic mass is 32.2. The Bertz CT molecular complexity index is 693. The van der Waals surface area contributed by atoms with Crippen molar-refractivity contribution >= 4 is 33.4 Å². The van der Waals surface area contributed by atoms with Gasteiger partial charge in [0.05, 0.1) is 11.5 Å². The van der Waals surface area contributed by atoms with E-state index < -0.39 is 37.5 Å². The highest BCUT2D eigenvalue weighted by Gasteiger charge is 2.31. The third-order valence-corrected chi connectivity index (χ3v) is 5.45. The van der Waals surface area contributed by atoms with E-state index in [1.54, 1.807) is 0 Å². The first-order chi connectivity index (χ1) is 11.8. The number of nitrogens with zero attached hydrogens (tertiary/aromatic N) is 1. The molecule has 1 rings (SSSR count). The van der Waals surface area contributed by atoms with E-state index in [4.69, 9.17) is 4.74 Å². The maximum atomic E-state index is 12.5. The Morgan fingerprint density at radius 2 is 2.08 bits per heavy atom. The average Bonchev–Trinajstić information content (AvgIpc) is 2.58. The molecule has 10 heteroatoms. The second-order valence-corrected chi connectivity index (χ2v) is 7.87. The highest BCUT2D eigenvalue weighted by Crippen LogP contribution is 2.23. The molecule has 1 aromatic carbocycles. The maximum absolute atomic E-state index is 12.5. The van der Waals surface area contributed by atoms with Crippen molar-refractivity contribution in [2.75, 3.05) is 18.6 Å². The molecule has 0 aliphatic carbocycles. The third kappa shape index (κ3) is 6.63. The molecule has 0 aliphatic rings. The van der Waals surface area contributed by atoms with Gasteiger partial charge in [-0.05, 0) is 30.9 Å². The largest absolute Gasteiger partial charge is 0.465 e. The van der Waals surface area contributed by atoms with Crippen LogP contribution in [0.5, 0.6) is 0 Å². The van der Waals surface area contributed by atoms with Crippen molar-refractivity contribution in [3.8, 4) is 0 Å². The van der Waals surface area contributed by atoms with Crippen molar-refractivity contribution in [2.24, 2.45) is 0 Å². The Balaban J connectivity index is 3.01. The van der Waals surface area contributed by atoms with Crippen molar-refractivity contribution in [1.29, 1.82) is 0 Å². The second-order valence-electron chi connectivity index (χ2n) is 5.20. The van der Waals surface area contributed by atoms with Gasteiger partial charge in [0.1, 0.15) is 6.04 Å². The number of carbonyl (C=O) groups excluding carboxylic acids is 1. The number of esters is 1. The van der Waals surface area contributed by atoms with Crippen molar-refractivity contribution in [3.05, 3.63) is 34.4 Å². The molecule has 0 saturated carbocycles. The molecule has 1 N–H and O–H groups in total. The van der Waals surface area contributed by atoms with Crippen LogP contribution in [-0.4, -0.2) is 44.0 Å². The Morgan fingerprint density at radius 1 is 1.40 bits per heavy atom. The number of thioether (sulfide) groups is 1. The second kappa shape index (κ2) is 10.4. The predicted octanol–water partition coefficient (Wildman–Crippen LogP) is 2.34. The smallest absolute Gasteiger partial charge is 0.324 e. The van der Waals surface area contributed by atoms with Gasteiger partial charge in [-0.2, -0.15) is 16.5 Å². The lowest BCUT2D eigenvalue weighted by molar-refractivity contribution is -0.387. The maximum Gasteiger partial charge on any atom is 0.324 e. The van der Waals surface area contributed by atoms with Gasteiger partial charge in [0, 0.05) is 6.07 Å². The number of sulfonamides is 1. The summed E-state index contributed by atoms with van der Waals surface area (Å²) in [5.41, 5.74) is -0.544. The lowest BCUT2D eigenvalue weighted by Gasteiger charge is -2.17. The number of nitro groups is 1. The molecular weight excluding hydrogens is 368 g/mol. The zero-order valence-electron chi connectivity index (χ0n) is 14.1. The summed E-state index contributed by atoms with van der Waals surface area (Å²) in [4.78, 5) is 22.0. The summed E-state index contributed by atoms with van der Waals surface area (Å²) in [6.07, 6.45) is 3.57. The number of hydrogen-bond acceptors (Lipinski definition) is 7. The summed E-state index contributed by atoms with van der Waals surface area (Å²) >= 11 is 1.45. The fraction of sp³-hybridized carbons (Fsp3) is 0.533. The van der Waals surface area contributed by atoms with Gasteiger partial charge in [0.25, 0.3) is 5.69 Å². The van der Waals surface area contributed by atoms with Crippen LogP contribution in [0.1, 0.15) is 26.2 Å². The number of rotatable bonds is 11. The predicted molar refractivity (Wildman–Crippen MR) is 96.1 cm³/mol. The minimum Gasteiger partial charge on any atom is -0.465 e. The number of hydrogen-bond donors (Lipinski definition) is 1. The molecule has 0 bridgehead atoms. The monoisotopic (exact) mass is 390 g/mol. The van der Waals surface area contributed by atoms with Gasteiger partial charge in [-0.3, -0.25) is 14.9 Å². The van der Waals surface area contributed by atoms with Crippen molar-refractivity contribution < 1.29 is 22.9 Å². The van der Waals surface area contributed by atoms with E-state index in [0.29, 0.717) is 12.2 Å². The molecule has 1 atom stereocenters. The van der Waals surface area contributed by atoms with Crippen LogP contribution >= 0.6 is 11.8 Å². The zero-order valence-corrected chi connectivity index (χ0v) is 15.8. The molecule has 0 saturated heterocycles. The van der Waals surface area contributed by atoms with Crippen LogP contribution in [-0.2, 0) is 19.6 Å². The van der Waals surface area contributed by atoms with Gasteiger partial charge in [0.2, 0.25) is 10.0 Å². The Kier molecular flexibility index (Phi) is 8.87. The van der Waals surface area contributed by atoms with E-state index in [0.717, 1.165) is 18.6 Å². The first-order valence-corrected chi connectivity index (χ1v) is 10.6. The van der Waals surface area contributed by atoms with Crippen molar-refractivity contribution in [2.45, 2.75) is 37.1 Å². The number of benzene rings is 1. The molecule has 0 unspecified atom stereocenters. The number of ether oxygens (including phenoxy) is 1. The topological polar surface area (TPSA) is 116 Å². The average molecular weight is 390 g/mol. The number of nitro benzene ring substituents is 1. The Morgan fingerprint density at radius 3 is 2.68 bits per heavy atom. The molecule has 8 nitrogen and oxygen atoms in total. The Labute approximate surface area is 151 Å². The number of carbonyl (C=O) groups is 1.